The summed E-state index contributed by atoms with van der Waals surface area (Å²) in [5.41, 5.74) is 0. The molecule has 0 aliphatic heterocycles. The number of nitrogens with zero attached hydrogens (tertiary/aromatic N) is 2. The molecule has 56 valence electrons. The highest BCUT2D eigenvalue weighted by Crippen LogP contribution is 2.05. The summed E-state index contributed by atoms with van der Waals surface area (Å²) in [4.78, 5) is 0. The standard InChI is InChI=1S/C6H9ClN2O/c1-9-5-6(4-8-9)10-3-2-7/h4-5H,2-3H2,1H3. The van der Waals surface area contributed by atoms with E-state index in [9.17, 15) is 0 Å². The van der Waals surface area contributed by atoms with Gasteiger partial charge in [-0.3, -0.25) is 4.68 Å². The predicted molar refractivity (Wildman–Crippen MR) is 39.4 cm³/mol. The smallest absolute Gasteiger partial charge is 0.157 e. The monoisotopic (exact) mass is 160 g/mol. The fraction of sp³-hybridized carbons (Fsp3) is 0.500. The first kappa shape index (κ1) is 7.41. The molecule has 1 heterocycles. The second-order valence-electron chi connectivity index (χ2n) is 1.89. The van der Waals surface area contributed by atoms with Gasteiger partial charge in [0.2, 0.25) is 0 Å². The summed E-state index contributed by atoms with van der Waals surface area (Å²) in [6.45, 7) is 0.535. The van der Waals surface area contributed by atoms with Crippen LogP contribution in [0.4, 0.5) is 0 Å². The van der Waals surface area contributed by atoms with Crippen LogP contribution < -0.4 is 4.74 Å². The Bertz CT molecular complexity index is 199. The maximum atomic E-state index is 5.41. The molecule has 0 aromatic carbocycles. The van der Waals surface area contributed by atoms with E-state index in [1.165, 1.54) is 0 Å². The molecule has 0 aliphatic rings. The molecule has 1 aromatic heterocycles. The van der Waals surface area contributed by atoms with Crippen molar-refractivity contribution in [1.82, 2.24) is 9.78 Å². The van der Waals surface area contributed by atoms with Crippen LogP contribution in [0.3, 0.4) is 0 Å². The van der Waals surface area contributed by atoms with Crippen molar-refractivity contribution in [3.05, 3.63) is 12.4 Å². The second kappa shape index (κ2) is 3.46. The third-order valence-corrected chi connectivity index (χ3v) is 1.18. The lowest BCUT2D eigenvalue weighted by Crippen LogP contribution is -1.96. The minimum atomic E-state index is 0.509. The van der Waals surface area contributed by atoms with Crippen LogP contribution in [0.15, 0.2) is 12.4 Å². The molecule has 0 saturated carbocycles. The van der Waals surface area contributed by atoms with Gasteiger partial charge in [-0.2, -0.15) is 5.10 Å². The molecule has 0 fully saturated rings. The number of rotatable bonds is 3. The minimum absolute atomic E-state index is 0.509. The zero-order valence-electron chi connectivity index (χ0n) is 5.75. The third-order valence-electron chi connectivity index (χ3n) is 1.03. The molecule has 0 aliphatic carbocycles. The minimum Gasteiger partial charge on any atom is -0.489 e. The van der Waals surface area contributed by atoms with Gasteiger partial charge in [0.05, 0.1) is 18.3 Å². The Morgan fingerprint density at radius 2 is 2.60 bits per heavy atom. The van der Waals surface area contributed by atoms with Crippen LogP contribution in [0.5, 0.6) is 5.75 Å². The molecule has 1 rings (SSSR count). The summed E-state index contributed by atoms with van der Waals surface area (Å²) in [7, 11) is 1.84. The van der Waals surface area contributed by atoms with E-state index >= 15 is 0 Å². The molecule has 1 aromatic rings. The molecule has 0 saturated heterocycles. The Morgan fingerprint density at radius 3 is 3.10 bits per heavy atom. The highest BCUT2D eigenvalue weighted by atomic mass is 35.5. The van der Waals surface area contributed by atoms with Crippen LogP contribution in [0.2, 0.25) is 0 Å². The lowest BCUT2D eigenvalue weighted by molar-refractivity contribution is 0.342. The molecule has 0 amide bonds. The van der Waals surface area contributed by atoms with Gasteiger partial charge >= 0.3 is 0 Å². The topological polar surface area (TPSA) is 27.1 Å². The van der Waals surface area contributed by atoms with Gasteiger partial charge < -0.3 is 4.74 Å². The van der Waals surface area contributed by atoms with Crippen molar-refractivity contribution < 1.29 is 4.74 Å². The summed E-state index contributed by atoms with van der Waals surface area (Å²) in [5, 5.41) is 3.92. The van der Waals surface area contributed by atoms with E-state index in [2.05, 4.69) is 5.10 Å². The van der Waals surface area contributed by atoms with Gasteiger partial charge in [0.15, 0.2) is 5.75 Å². The van der Waals surface area contributed by atoms with E-state index in [-0.39, 0.29) is 0 Å². The molecule has 4 heteroatoms. The lowest BCUT2D eigenvalue weighted by Gasteiger charge is -1.96. The first-order chi connectivity index (χ1) is 4.83. The highest BCUT2D eigenvalue weighted by molar-refractivity contribution is 6.17. The molecule has 0 N–H and O–H groups in total. The maximum Gasteiger partial charge on any atom is 0.157 e. The Morgan fingerprint density at radius 1 is 1.80 bits per heavy atom. The van der Waals surface area contributed by atoms with Crippen molar-refractivity contribution in [2.24, 2.45) is 7.05 Å². The van der Waals surface area contributed by atoms with Gasteiger partial charge in [0.1, 0.15) is 6.61 Å². The van der Waals surface area contributed by atoms with Crippen molar-refractivity contribution in [3.63, 3.8) is 0 Å². The zero-order valence-corrected chi connectivity index (χ0v) is 6.51. The number of aromatic nitrogens is 2. The molecule has 10 heavy (non-hydrogen) atoms. The van der Waals surface area contributed by atoms with E-state index in [4.69, 9.17) is 16.3 Å². The van der Waals surface area contributed by atoms with E-state index in [0.29, 0.717) is 12.5 Å². The second-order valence-corrected chi connectivity index (χ2v) is 2.27. The van der Waals surface area contributed by atoms with Gasteiger partial charge in [-0.05, 0) is 0 Å². The van der Waals surface area contributed by atoms with Crippen molar-refractivity contribution in [2.45, 2.75) is 0 Å². The molecule has 0 unspecified atom stereocenters. The molecule has 0 spiro atoms. The molecule has 0 bridgehead atoms. The van der Waals surface area contributed by atoms with Gasteiger partial charge in [0.25, 0.3) is 0 Å². The van der Waals surface area contributed by atoms with Gasteiger partial charge in [-0.15, -0.1) is 11.6 Å². The Balaban J connectivity index is 2.42. The Labute approximate surface area is 64.6 Å². The van der Waals surface area contributed by atoms with Crippen LogP contribution in [0.1, 0.15) is 0 Å². The van der Waals surface area contributed by atoms with E-state index in [1.54, 1.807) is 17.1 Å². The predicted octanol–water partition coefficient (Wildman–Crippen LogP) is 1.04. The molecule has 3 nitrogen and oxygen atoms in total. The van der Waals surface area contributed by atoms with Crippen molar-refractivity contribution in [2.75, 3.05) is 12.5 Å². The molecular formula is C6H9ClN2O. The zero-order chi connectivity index (χ0) is 7.40. The molecule has 0 radical (unpaired) electrons. The first-order valence-corrected chi connectivity index (χ1v) is 3.54. The number of hydrogen-bond donors (Lipinski definition) is 0. The van der Waals surface area contributed by atoms with Crippen LogP contribution in [0, 0.1) is 0 Å². The number of alkyl halides is 1. The van der Waals surface area contributed by atoms with Gasteiger partial charge in [0, 0.05) is 7.05 Å². The summed E-state index contributed by atoms with van der Waals surface area (Å²) in [5.74, 6) is 1.28. The van der Waals surface area contributed by atoms with Crippen LogP contribution in [-0.2, 0) is 7.05 Å². The van der Waals surface area contributed by atoms with Gasteiger partial charge in [-0.25, -0.2) is 0 Å². The van der Waals surface area contributed by atoms with E-state index in [1.807, 2.05) is 7.05 Å². The lowest BCUT2D eigenvalue weighted by atomic mass is 10.6. The summed E-state index contributed by atoms with van der Waals surface area (Å²) < 4.78 is 6.84. The van der Waals surface area contributed by atoms with Crippen LogP contribution in [0.25, 0.3) is 0 Å². The Kier molecular flexibility index (Phi) is 2.57. The normalized spacial score (nSPS) is 9.80. The number of halogens is 1. The fourth-order valence-electron chi connectivity index (χ4n) is 0.630. The number of aryl methyl sites for hydroxylation is 1. The largest absolute Gasteiger partial charge is 0.489 e. The third kappa shape index (κ3) is 1.92. The molecule has 0 atom stereocenters. The van der Waals surface area contributed by atoms with Crippen LogP contribution >= 0.6 is 11.6 Å². The van der Waals surface area contributed by atoms with Crippen molar-refractivity contribution >= 4 is 11.6 Å². The Hall–Kier alpha value is -0.700. The molecular weight excluding hydrogens is 152 g/mol. The average Bonchev–Trinajstić information content (AvgIpc) is 2.31. The fourth-order valence-corrected chi connectivity index (χ4v) is 0.707. The average molecular weight is 161 g/mol. The van der Waals surface area contributed by atoms with E-state index < -0.39 is 0 Å². The van der Waals surface area contributed by atoms with Crippen molar-refractivity contribution in [3.8, 4) is 5.75 Å². The number of ether oxygens (including phenoxy) is 1. The summed E-state index contributed by atoms with van der Waals surface area (Å²) >= 11 is 5.41. The maximum absolute atomic E-state index is 5.41. The van der Waals surface area contributed by atoms with Crippen molar-refractivity contribution in [1.29, 1.82) is 0 Å². The van der Waals surface area contributed by atoms with E-state index in [0.717, 1.165) is 5.75 Å². The summed E-state index contributed by atoms with van der Waals surface area (Å²) in [6.07, 6.45) is 3.46. The number of hydrogen-bond acceptors (Lipinski definition) is 2. The first-order valence-electron chi connectivity index (χ1n) is 3.00. The highest BCUT2D eigenvalue weighted by Gasteiger charge is 1.93. The SMILES string of the molecule is Cn1cc(OCCCl)cn1. The van der Waals surface area contributed by atoms with Gasteiger partial charge in [-0.1, -0.05) is 0 Å². The van der Waals surface area contributed by atoms with Crippen LogP contribution in [-0.4, -0.2) is 22.3 Å². The summed E-state index contributed by atoms with van der Waals surface area (Å²) in [6, 6.07) is 0. The quantitative estimate of drug-likeness (QED) is 0.618.